The van der Waals surface area contributed by atoms with E-state index in [1.54, 1.807) is 4.68 Å². The van der Waals surface area contributed by atoms with Crippen molar-refractivity contribution in [1.82, 2.24) is 14.7 Å². The van der Waals surface area contributed by atoms with Crippen LogP contribution in [0.4, 0.5) is 0 Å². The molecular formula is C17H15IN4. The minimum Gasteiger partial charge on any atom is -0.346 e. The zero-order chi connectivity index (χ0) is 15.1. The van der Waals surface area contributed by atoms with Crippen molar-refractivity contribution in [3.8, 4) is 0 Å². The molecule has 0 bridgehead atoms. The highest BCUT2D eigenvalue weighted by Crippen LogP contribution is 2.33. The van der Waals surface area contributed by atoms with Crippen LogP contribution >= 0.6 is 22.6 Å². The number of nitrogens with zero attached hydrogens (tertiary/aromatic N) is 4. The summed E-state index contributed by atoms with van der Waals surface area (Å²) >= 11 is 2.43. The number of hydrogen-bond acceptors (Lipinski definition) is 3. The van der Waals surface area contributed by atoms with Crippen molar-refractivity contribution in [3.05, 3.63) is 69.3 Å². The van der Waals surface area contributed by atoms with Crippen LogP contribution in [0.5, 0.6) is 0 Å². The van der Waals surface area contributed by atoms with Crippen molar-refractivity contribution in [2.45, 2.75) is 6.42 Å². The third kappa shape index (κ3) is 2.29. The van der Waals surface area contributed by atoms with Crippen LogP contribution in [0.25, 0.3) is 5.70 Å². The number of aryl methyl sites for hydroxylation is 1. The molecule has 0 N–H and O–H groups in total. The van der Waals surface area contributed by atoms with Gasteiger partial charge in [0.25, 0.3) is 0 Å². The first-order valence-electron chi connectivity index (χ1n) is 7.23. The number of aliphatic imine (C=N–C) groups is 1. The minimum absolute atomic E-state index is 0.902. The smallest absolute Gasteiger partial charge is 0.111 e. The molecular weight excluding hydrogens is 387 g/mol. The Hall–Kier alpha value is -1.89. The van der Waals surface area contributed by atoms with Crippen LogP contribution in [-0.4, -0.2) is 26.9 Å². The van der Waals surface area contributed by atoms with Gasteiger partial charge in [0.05, 0.1) is 11.4 Å². The Morgan fingerprint density at radius 3 is 2.95 bits per heavy atom. The number of fused-ring (bicyclic) bond motifs is 3. The molecule has 0 spiro atoms. The number of rotatable bonds is 1. The molecule has 2 aliphatic rings. The maximum absolute atomic E-state index is 4.57. The lowest BCUT2D eigenvalue weighted by molar-refractivity contribution is 0.515. The molecule has 0 fully saturated rings. The first kappa shape index (κ1) is 13.8. The van der Waals surface area contributed by atoms with E-state index in [4.69, 9.17) is 0 Å². The standard InChI is InChI=1S/C17H15IN4/c1-21-8-6-15(20-21)16-11-17-13-3-2-4-14(18)12(13)5-9-22(17)10-7-19-16/h2-4,6-8,10-11H,5,9H2,1H3. The summed E-state index contributed by atoms with van der Waals surface area (Å²) in [5, 5.41) is 4.47. The van der Waals surface area contributed by atoms with E-state index in [1.165, 1.54) is 20.4 Å². The van der Waals surface area contributed by atoms with Gasteiger partial charge in [0.15, 0.2) is 0 Å². The summed E-state index contributed by atoms with van der Waals surface area (Å²) < 4.78 is 3.14. The van der Waals surface area contributed by atoms with Crippen LogP contribution in [-0.2, 0) is 13.5 Å². The number of aromatic nitrogens is 2. The van der Waals surface area contributed by atoms with E-state index in [9.17, 15) is 0 Å². The predicted molar refractivity (Wildman–Crippen MR) is 96.4 cm³/mol. The summed E-state index contributed by atoms with van der Waals surface area (Å²) in [5.41, 5.74) is 5.74. The summed E-state index contributed by atoms with van der Waals surface area (Å²) in [6.45, 7) is 0.986. The Bertz CT molecular complexity index is 829. The molecule has 22 heavy (non-hydrogen) atoms. The highest BCUT2D eigenvalue weighted by molar-refractivity contribution is 14.1. The summed E-state index contributed by atoms with van der Waals surface area (Å²) in [6, 6.07) is 8.50. The van der Waals surface area contributed by atoms with E-state index in [1.807, 2.05) is 25.5 Å². The third-order valence-corrected chi connectivity index (χ3v) is 5.03. The van der Waals surface area contributed by atoms with Gasteiger partial charge in [-0.25, -0.2) is 0 Å². The lowest BCUT2D eigenvalue weighted by Gasteiger charge is -2.30. The normalized spacial score (nSPS) is 16.5. The predicted octanol–water partition coefficient (Wildman–Crippen LogP) is 3.20. The van der Waals surface area contributed by atoms with Gasteiger partial charge < -0.3 is 4.90 Å². The van der Waals surface area contributed by atoms with Crippen LogP contribution in [0.2, 0.25) is 0 Å². The summed E-state index contributed by atoms with van der Waals surface area (Å²) in [7, 11) is 1.92. The molecule has 0 unspecified atom stereocenters. The Labute approximate surface area is 143 Å². The third-order valence-electron chi connectivity index (χ3n) is 4.02. The van der Waals surface area contributed by atoms with Crippen LogP contribution in [0.15, 0.2) is 53.9 Å². The molecule has 1 aromatic heterocycles. The molecule has 0 saturated carbocycles. The molecule has 0 amide bonds. The summed E-state index contributed by atoms with van der Waals surface area (Å²) in [6.07, 6.45) is 9.09. The van der Waals surface area contributed by atoms with Crippen molar-refractivity contribution in [2.75, 3.05) is 6.54 Å². The molecule has 0 saturated heterocycles. The van der Waals surface area contributed by atoms with Gasteiger partial charge in [-0.3, -0.25) is 9.67 Å². The molecule has 5 heteroatoms. The van der Waals surface area contributed by atoms with Gasteiger partial charge >= 0.3 is 0 Å². The maximum atomic E-state index is 4.57. The molecule has 2 aromatic rings. The Morgan fingerprint density at radius 1 is 1.23 bits per heavy atom. The van der Waals surface area contributed by atoms with Crippen molar-refractivity contribution in [3.63, 3.8) is 0 Å². The zero-order valence-electron chi connectivity index (χ0n) is 12.2. The highest BCUT2D eigenvalue weighted by Gasteiger charge is 2.23. The topological polar surface area (TPSA) is 33.4 Å². The first-order chi connectivity index (χ1) is 10.7. The van der Waals surface area contributed by atoms with E-state index >= 15 is 0 Å². The van der Waals surface area contributed by atoms with E-state index in [-0.39, 0.29) is 0 Å². The second-order valence-corrected chi connectivity index (χ2v) is 6.59. The Morgan fingerprint density at radius 2 is 2.14 bits per heavy atom. The fourth-order valence-electron chi connectivity index (χ4n) is 2.93. The van der Waals surface area contributed by atoms with Crippen molar-refractivity contribution < 1.29 is 0 Å². The zero-order valence-corrected chi connectivity index (χ0v) is 14.4. The van der Waals surface area contributed by atoms with Crippen LogP contribution in [0, 0.1) is 3.57 Å². The largest absolute Gasteiger partial charge is 0.346 e. The molecule has 3 heterocycles. The van der Waals surface area contributed by atoms with Gasteiger partial charge in [-0.05, 0) is 52.8 Å². The van der Waals surface area contributed by atoms with Crippen molar-refractivity contribution >= 4 is 34.0 Å². The van der Waals surface area contributed by atoms with Gasteiger partial charge in [-0.1, -0.05) is 12.1 Å². The van der Waals surface area contributed by atoms with Crippen LogP contribution in [0.3, 0.4) is 0 Å². The van der Waals surface area contributed by atoms with Crippen LogP contribution in [0.1, 0.15) is 16.8 Å². The molecule has 4 rings (SSSR count). The average molecular weight is 402 g/mol. The summed E-state index contributed by atoms with van der Waals surface area (Å²) in [4.78, 5) is 6.84. The Kier molecular flexibility index (Phi) is 3.37. The molecule has 0 aliphatic carbocycles. The van der Waals surface area contributed by atoms with Gasteiger partial charge in [0.2, 0.25) is 0 Å². The van der Waals surface area contributed by atoms with Gasteiger partial charge in [0.1, 0.15) is 5.69 Å². The number of allylic oxidation sites excluding steroid dienone is 1. The van der Waals surface area contributed by atoms with Gasteiger partial charge in [0, 0.05) is 41.3 Å². The quantitative estimate of drug-likeness (QED) is 0.687. The minimum atomic E-state index is 0.902. The molecule has 0 atom stereocenters. The lowest BCUT2D eigenvalue weighted by Crippen LogP contribution is -2.25. The molecule has 110 valence electrons. The van der Waals surface area contributed by atoms with Crippen molar-refractivity contribution in [1.29, 1.82) is 0 Å². The lowest BCUT2D eigenvalue weighted by atomic mass is 9.96. The molecule has 1 aromatic carbocycles. The van der Waals surface area contributed by atoms with E-state index < -0.39 is 0 Å². The first-order valence-corrected chi connectivity index (χ1v) is 8.31. The van der Waals surface area contributed by atoms with Gasteiger partial charge in [-0.2, -0.15) is 5.10 Å². The number of hydrogen-bond donors (Lipinski definition) is 0. The molecule has 0 radical (unpaired) electrons. The Balaban J connectivity index is 1.86. The fraction of sp³-hybridized carbons (Fsp3) is 0.176. The number of halogens is 1. The van der Waals surface area contributed by atoms with E-state index in [0.29, 0.717) is 0 Å². The monoisotopic (exact) mass is 402 g/mol. The number of benzene rings is 1. The van der Waals surface area contributed by atoms with Crippen molar-refractivity contribution in [2.24, 2.45) is 12.0 Å². The highest BCUT2D eigenvalue weighted by atomic mass is 127. The van der Waals surface area contributed by atoms with E-state index in [2.05, 4.69) is 68.1 Å². The second-order valence-electron chi connectivity index (χ2n) is 5.43. The van der Waals surface area contributed by atoms with E-state index in [0.717, 1.165) is 24.4 Å². The second kappa shape index (κ2) is 5.39. The SMILES string of the molecule is Cn1ccc(C2=NC=CN3CCc4c(I)cccc4C3=C2)n1. The van der Waals surface area contributed by atoms with Gasteiger partial charge in [-0.15, -0.1) is 0 Å². The fourth-order valence-corrected chi connectivity index (χ4v) is 3.70. The average Bonchev–Trinajstić information content (AvgIpc) is 2.82. The van der Waals surface area contributed by atoms with Crippen LogP contribution < -0.4 is 0 Å². The maximum Gasteiger partial charge on any atom is 0.111 e. The molecule has 4 nitrogen and oxygen atoms in total. The summed E-state index contributed by atoms with van der Waals surface area (Å²) in [5.74, 6) is 0. The molecule has 2 aliphatic heterocycles.